The van der Waals surface area contributed by atoms with E-state index in [9.17, 15) is 19.2 Å². The number of carboxylic acids is 1. The number of methoxy groups -OCH3 is 2. The third-order valence-corrected chi connectivity index (χ3v) is 14.8. The largest absolute Gasteiger partial charge is 0.493 e. The van der Waals surface area contributed by atoms with Gasteiger partial charge in [-0.25, -0.2) is 4.79 Å². The summed E-state index contributed by atoms with van der Waals surface area (Å²) in [6.07, 6.45) is 1.56. The highest BCUT2D eigenvalue weighted by Crippen LogP contribution is 2.39. The molecule has 3 amide bonds. The van der Waals surface area contributed by atoms with Crippen LogP contribution in [0, 0.1) is 0 Å². The lowest BCUT2D eigenvalue weighted by molar-refractivity contribution is -0.137. The molecule has 4 aliphatic rings. The van der Waals surface area contributed by atoms with Crippen LogP contribution in [0.15, 0.2) is 48.6 Å². The molecule has 2 aromatic carbocycles. The smallest absolute Gasteiger partial charge is 0.412 e. The number of carbonyl (C=O) groups excluding carboxylic acids is 3. The van der Waals surface area contributed by atoms with Crippen LogP contribution in [0.1, 0.15) is 66.7 Å². The number of nitrogens with two attached hydrogens (primary N) is 3. The molecule has 0 spiro atoms. The number of nitrogen functional groups attached to an aromatic ring is 2. The molecule has 5 atom stereocenters. The van der Waals surface area contributed by atoms with Gasteiger partial charge in [0.25, 0.3) is 11.8 Å². The molecule has 2 unspecified atom stereocenters. The minimum absolute atomic E-state index is 0.0488. The number of benzene rings is 2. The van der Waals surface area contributed by atoms with Crippen molar-refractivity contribution < 1.29 is 57.4 Å². The van der Waals surface area contributed by atoms with E-state index in [1.54, 1.807) is 34.1 Å². The Kier molecular flexibility index (Phi) is 17.3. The number of carbonyl (C=O) groups is 4. The second-order valence-electron chi connectivity index (χ2n) is 17.2. The predicted molar refractivity (Wildman–Crippen MR) is 252 cm³/mol. The minimum Gasteiger partial charge on any atom is -0.493 e. The van der Waals surface area contributed by atoms with E-state index in [1.165, 1.54) is 40.7 Å². The van der Waals surface area contributed by atoms with Crippen molar-refractivity contribution in [1.82, 2.24) is 20.0 Å². The van der Waals surface area contributed by atoms with Gasteiger partial charge in [0.15, 0.2) is 29.2 Å². The van der Waals surface area contributed by atoms with Gasteiger partial charge in [-0.1, -0.05) is 45.9 Å². The number of rotatable bonds is 21. The van der Waals surface area contributed by atoms with Gasteiger partial charge >= 0.3 is 12.1 Å². The van der Waals surface area contributed by atoms with Crippen molar-refractivity contribution in [2.24, 2.45) is 5.73 Å². The van der Waals surface area contributed by atoms with Gasteiger partial charge in [-0.2, -0.15) is 0 Å². The fraction of sp³-hybridized carbons (Fsp3) is 0.556. The van der Waals surface area contributed by atoms with Crippen LogP contribution in [0.4, 0.5) is 16.2 Å². The second-order valence-corrected chi connectivity index (χ2v) is 20.2. The van der Waals surface area contributed by atoms with Crippen LogP contribution >= 0.6 is 21.6 Å². The van der Waals surface area contributed by atoms with Crippen molar-refractivity contribution >= 4 is 56.8 Å². The van der Waals surface area contributed by atoms with Crippen molar-refractivity contribution in [2.75, 3.05) is 90.7 Å². The topological polar surface area (TPSA) is 253 Å². The van der Waals surface area contributed by atoms with Crippen LogP contribution in [-0.2, 0) is 19.0 Å². The summed E-state index contributed by atoms with van der Waals surface area (Å²) < 4.78 is 40.4. The molecule has 6 rings (SSSR count). The van der Waals surface area contributed by atoms with Crippen LogP contribution in [0.2, 0.25) is 0 Å². The maximum atomic E-state index is 14.2. The first-order chi connectivity index (χ1) is 31.5. The number of ether oxygens (including phenoxy) is 7. The molecule has 4 saturated heterocycles. The van der Waals surface area contributed by atoms with Crippen molar-refractivity contribution in [3.8, 4) is 23.0 Å². The monoisotopic (exact) mass is 957 g/mol. The van der Waals surface area contributed by atoms with E-state index in [0.29, 0.717) is 80.6 Å². The zero-order valence-electron chi connectivity index (χ0n) is 38.0. The number of likely N-dealkylation sites (tertiary alicyclic amines) is 2. The summed E-state index contributed by atoms with van der Waals surface area (Å²) >= 11 is 0. The molecule has 362 valence electrons. The molecule has 66 heavy (non-hydrogen) atoms. The highest BCUT2D eigenvalue weighted by Gasteiger charge is 2.45. The fourth-order valence-corrected chi connectivity index (χ4v) is 10.7. The standard InChI is InChI=1S/C45H63N7O12S2/c1-26-16-33(39-49-10-14-62-39)51(22-26)40(53)28-18-35(58-5)37(20-30(28)46)60-12-8-7-9-13-61-38-21-31(47)29(19-36(38)59-6)41(54)52-23-27(2)17-34(52)42-50(11-15-63-42)44(57)64-25-45(3,4)66-65-24-32(48)43(55)56/h18-21,32-34,39,42,49H,1-2,7-17,22-25,46-48H2,3-6H3,(H,55,56)/t32-,33-,34-,39?,42?/m0/s1. The molecular weight excluding hydrogens is 895 g/mol. The molecule has 19 nitrogen and oxygen atoms in total. The first-order valence-electron chi connectivity index (χ1n) is 21.9. The SMILES string of the molecule is C=C1C[C@@H](C2NCCO2)N(C(=O)c2cc(OC)c(OCCCCCOc3cc(N)c(C(=O)N4CC(=C)C[C@H]4C4OCCN4C(=O)OCC(C)(C)SSC[C@H](N)C(=O)O)cc3OC)cc2N)C1. The van der Waals surface area contributed by atoms with E-state index in [1.807, 2.05) is 13.8 Å². The van der Waals surface area contributed by atoms with Crippen LogP contribution in [0.25, 0.3) is 0 Å². The zero-order chi connectivity index (χ0) is 47.7. The van der Waals surface area contributed by atoms with Gasteiger partial charge in [-0.3, -0.25) is 24.6 Å². The van der Waals surface area contributed by atoms with Gasteiger partial charge in [0.2, 0.25) is 0 Å². The third kappa shape index (κ3) is 12.3. The van der Waals surface area contributed by atoms with Gasteiger partial charge in [-0.05, 0) is 58.1 Å². The lowest BCUT2D eigenvalue weighted by Crippen LogP contribution is -2.51. The Morgan fingerprint density at radius 1 is 0.833 bits per heavy atom. The summed E-state index contributed by atoms with van der Waals surface area (Å²) in [6, 6.07) is 4.65. The number of hydrogen-bond donors (Lipinski definition) is 5. The Balaban J connectivity index is 0.983. The maximum Gasteiger partial charge on any atom is 0.412 e. The number of anilines is 2. The molecule has 0 aliphatic carbocycles. The van der Waals surface area contributed by atoms with Gasteiger partial charge < -0.3 is 65.3 Å². The van der Waals surface area contributed by atoms with E-state index in [4.69, 9.17) is 55.5 Å². The van der Waals surface area contributed by atoms with Crippen LogP contribution in [0.3, 0.4) is 0 Å². The zero-order valence-corrected chi connectivity index (χ0v) is 39.7. The number of nitrogens with zero attached hydrogens (tertiary/aromatic N) is 3. The van der Waals surface area contributed by atoms with Crippen LogP contribution < -0.4 is 41.5 Å². The number of unbranched alkanes of at least 4 members (excludes halogenated alkanes) is 2. The molecule has 0 bridgehead atoms. The summed E-state index contributed by atoms with van der Waals surface area (Å²) in [6.45, 7) is 15.3. The van der Waals surface area contributed by atoms with Crippen molar-refractivity contribution in [2.45, 2.75) is 81.3 Å². The van der Waals surface area contributed by atoms with Crippen molar-refractivity contribution in [3.63, 3.8) is 0 Å². The highest BCUT2D eigenvalue weighted by atomic mass is 33.1. The van der Waals surface area contributed by atoms with Gasteiger partial charge in [0.05, 0.1) is 75.1 Å². The van der Waals surface area contributed by atoms with E-state index < -0.39 is 35.1 Å². The average Bonchev–Trinajstić information content (AvgIpc) is 4.12. The van der Waals surface area contributed by atoms with Gasteiger partial charge in [0, 0.05) is 48.9 Å². The van der Waals surface area contributed by atoms with E-state index in [2.05, 4.69) is 18.5 Å². The van der Waals surface area contributed by atoms with Crippen LogP contribution in [0.5, 0.6) is 23.0 Å². The Bertz CT molecular complexity index is 2120. The number of hydrogen-bond acceptors (Lipinski definition) is 17. The lowest BCUT2D eigenvalue weighted by atomic mass is 10.1. The van der Waals surface area contributed by atoms with E-state index in [0.717, 1.165) is 24.1 Å². The molecule has 0 radical (unpaired) electrons. The molecule has 21 heteroatoms. The van der Waals surface area contributed by atoms with Gasteiger partial charge in [-0.15, -0.1) is 0 Å². The van der Waals surface area contributed by atoms with E-state index >= 15 is 0 Å². The first kappa shape index (κ1) is 50.4. The first-order valence-corrected chi connectivity index (χ1v) is 24.2. The molecule has 2 aromatic rings. The fourth-order valence-electron chi connectivity index (χ4n) is 8.13. The lowest BCUT2D eigenvalue weighted by Gasteiger charge is -2.34. The highest BCUT2D eigenvalue weighted by molar-refractivity contribution is 8.77. The van der Waals surface area contributed by atoms with E-state index in [-0.39, 0.29) is 73.1 Å². The summed E-state index contributed by atoms with van der Waals surface area (Å²) in [7, 11) is 5.68. The summed E-state index contributed by atoms with van der Waals surface area (Å²) in [5, 5.41) is 12.4. The number of amides is 3. The average molecular weight is 958 g/mol. The second kappa shape index (κ2) is 22.6. The van der Waals surface area contributed by atoms with Crippen molar-refractivity contribution in [3.05, 3.63) is 59.7 Å². The molecule has 4 heterocycles. The quantitative estimate of drug-likeness (QED) is 0.0505. The summed E-state index contributed by atoms with van der Waals surface area (Å²) in [4.78, 5) is 57.2. The number of nitrogens with one attached hydrogen (secondary N) is 1. The molecule has 8 N–H and O–H groups in total. The maximum absolute atomic E-state index is 14.2. The predicted octanol–water partition coefficient (Wildman–Crippen LogP) is 4.35. The number of carboxylic acid groups (broad SMARTS) is 1. The Hall–Kier alpha value is -5.06. The Morgan fingerprint density at radius 3 is 1.92 bits per heavy atom. The molecule has 0 aromatic heterocycles. The molecular formula is C45H63N7O12S2. The summed E-state index contributed by atoms with van der Waals surface area (Å²) in [5.74, 6) is 0.0649. The van der Waals surface area contributed by atoms with Gasteiger partial charge in [0.1, 0.15) is 18.9 Å². The molecule has 4 fully saturated rings. The van der Waals surface area contributed by atoms with Crippen LogP contribution in [-0.4, -0.2) is 158 Å². The molecule has 4 aliphatic heterocycles. The normalized spacial score (nSPS) is 21.3. The third-order valence-electron chi connectivity index (χ3n) is 11.5. The molecule has 0 saturated carbocycles. The summed E-state index contributed by atoms with van der Waals surface area (Å²) in [5.41, 5.74) is 21.3. The minimum atomic E-state index is -1.08. The Morgan fingerprint density at radius 2 is 1.39 bits per heavy atom. The Labute approximate surface area is 393 Å². The number of aliphatic carboxylic acids is 1. The van der Waals surface area contributed by atoms with Crippen molar-refractivity contribution in [1.29, 1.82) is 0 Å².